The summed E-state index contributed by atoms with van der Waals surface area (Å²) in [6.07, 6.45) is 5.70. The summed E-state index contributed by atoms with van der Waals surface area (Å²) in [5, 5.41) is 17.0. The number of fused-ring (bicyclic) bond motifs is 5. The molecule has 3 aliphatic heterocycles. The number of nitrogens with one attached hydrogen (secondary N) is 2. The Labute approximate surface area is 284 Å². The van der Waals surface area contributed by atoms with Crippen molar-refractivity contribution in [2.75, 3.05) is 26.2 Å². The normalized spacial score (nSPS) is 32.6. The van der Waals surface area contributed by atoms with Gasteiger partial charge in [0.1, 0.15) is 34.7 Å². The Hall–Kier alpha value is -4.04. The molecule has 6 atom stereocenters. The van der Waals surface area contributed by atoms with Gasteiger partial charge in [-0.15, -0.1) is 0 Å². The molecule has 13 nitrogen and oxygen atoms in total. The number of nitrogens with zero attached hydrogens (tertiary/aromatic N) is 1. The zero-order valence-electron chi connectivity index (χ0n) is 27.7. The van der Waals surface area contributed by atoms with E-state index in [1.807, 2.05) is 19.1 Å². The molecule has 0 radical (unpaired) electrons. The number of anilines is 1. The summed E-state index contributed by atoms with van der Waals surface area (Å²) < 4.78 is 28.7. The Morgan fingerprint density at radius 1 is 1.23 bits per heavy atom. The summed E-state index contributed by atoms with van der Waals surface area (Å²) in [6, 6.07) is 3.60. The van der Waals surface area contributed by atoms with Crippen LogP contribution in [0.25, 0.3) is 0 Å². The summed E-state index contributed by atoms with van der Waals surface area (Å²) in [6.45, 7) is 3.65. The van der Waals surface area contributed by atoms with Crippen LogP contribution in [0, 0.1) is 0 Å². The molecule has 0 aromatic heterocycles. The van der Waals surface area contributed by atoms with Gasteiger partial charge in [-0.3, -0.25) is 15.4 Å². The van der Waals surface area contributed by atoms with E-state index in [2.05, 4.69) is 10.6 Å². The van der Waals surface area contributed by atoms with E-state index >= 15 is 0 Å². The van der Waals surface area contributed by atoms with Crippen LogP contribution in [0.3, 0.4) is 0 Å². The van der Waals surface area contributed by atoms with Gasteiger partial charge in [0, 0.05) is 27.0 Å². The fraction of sp³-hybridized carbons (Fsp3) is 0.500. The number of carbonyl (C=O) groups excluding carboxylic acids is 3. The second-order valence-electron chi connectivity index (χ2n) is 12.7. The minimum atomic E-state index is -1.78. The van der Waals surface area contributed by atoms with Crippen molar-refractivity contribution in [3.05, 3.63) is 70.1 Å². The predicted molar refractivity (Wildman–Crippen MR) is 177 cm³/mol. The highest BCUT2D eigenvalue weighted by Gasteiger charge is 2.61. The number of epoxide rings is 1. The van der Waals surface area contributed by atoms with Crippen molar-refractivity contribution >= 4 is 35.4 Å². The van der Waals surface area contributed by atoms with Crippen LogP contribution in [-0.4, -0.2) is 80.2 Å². The van der Waals surface area contributed by atoms with Crippen molar-refractivity contribution in [3.8, 4) is 5.75 Å². The molecule has 0 saturated carbocycles. The SMILES string of the molecule is COc1cc2cc(c1Cl)N(C)C(=O)C[C@H](OC(=O)NC1=CCCC=C1N)[C@]1(C)O[C@H]1C[C@@H]1C[C@@](O)(NC(=O)O1)[C@H](OC)/C=C/C=C(\C)C2. The second-order valence-corrected chi connectivity index (χ2v) is 13.1. The molecule has 48 heavy (non-hydrogen) atoms. The van der Waals surface area contributed by atoms with Gasteiger partial charge >= 0.3 is 12.2 Å². The van der Waals surface area contributed by atoms with Crippen LogP contribution in [0.5, 0.6) is 5.75 Å². The van der Waals surface area contributed by atoms with Crippen molar-refractivity contribution in [1.82, 2.24) is 10.6 Å². The lowest BCUT2D eigenvalue weighted by atomic mass is 9.90. The largest absolute Gasteiger partial charge is 0.495 e. The number of nitrogens with two attached hydrogens (primary N) is 1. The van der Waals surface area contributed by atoms with E-state index < -0.39 is 53.8 Å². The fourth-order valence-corrected chi connectivity index (χ4v) is 6.65. The molecule has 5 rings (SSSR count). The summed E-state index contributed by atoms with van der Waals surface area (Å²) >= 11 is 6.71. The smallest absolute Gasteiger partial charge is 0.412 e. The monoisotopic (exact) mass is 686 g/mol. The highest BCUT2D eigenvalue weighted by Crippen LogP contribution is 2.46. The van der Waals surface area contributed by atoms with Crippen LogP contribution in [-0.2, 0) is 30.2 Å². The van der Waals surface area contributed by atoms with Gasteiger partial charge < -0.3 is 39.4 Å². The molecule has 1 aromatic carbocycles. The molecular weight excluding hydrogens is 644 g/mol. The van der Waals surface area contributed by atoms with Crippen LogP contribution in [0.15, 0.2) is 59.5 Å². The number of ether oxygens (including phenoxy) is 5. The summed E-state index contributed by atoms with van der Waals surface area (Å²) in [5.74, 6) is -0.0155. The van der Waals surface area contributed by atoms with E-state index in [4.69, 9.17) is 41.0 Å². The van der Waals surface area contributed by atoms with Crippen molar-refractivity contribution in [2.45, 2.75) is 88.1 Å². The molecule has 4 bridgehead atoms. The first-order valence-corrected chi connectivity index (χ1v) is 16.2. The van der Waals surface area contributed by atoms with E-state index in [-0.39, 0.29) is 24.3 Å². The van der Waals surface area contributed by atoms with Crippen LogP contribution in [0.2, 0.25) is 5.02 Å². The first-order chi connectivity index (χ1) is 22.8. The van der Waals surface area contributed by atoms with Gasteiger partial charge in [-0.2, -0.15) is 0 Å². The van der Waals surface area contributed by atoms with E-state index in [0.29, 0.717) is 35.7 Å². The van der Waals surface area contributed by atoms with Gasteiger partial charge in [0.2, 0.25) is 5.91 Å². The van der Waals surface area contributed by atoms with Gasteiger partial charge in [-0.1, -0.05) is 47.6 Å². The van der Waals surface area contributed by atoms with E-state index in [1.54, 1.807) is 44.3 Å². The first-order valence-electron chi connectivity index (χ1n) is 15.8. The Kier molecular flexibility index (Phi) is 10.4. The Bertz CT molecular complexity index is 1580. The molecular formula is C34H43ClN4O9. The molecule has 2 saturated heterocycles. The lowest BCUT2D eigenvalue weighted by Crippen LogP contribution is -2.62. The molecule has 1 aromatic rings. The highest BCUT2D eigenvalue weighted by atomic mass is 35.5. The highest BCUT2D eigenvalue weighted by molar-refractivity contribution is 6.35. The van der Waals surface area contributed by atoms with Gasteiger partial charge in [0.15, 0.2) is 5.72 Å². The number of aliphatic hydroxyl groups is 1. The molecule has 3 heterocycles. The van der Waals surface area contributed by atoms with Crippen LogP contribution in [0.1, 0.15) is 51.5 Å². The minimum absolute atomic E-state index is 0.0161. The maximum atomic E-state index is 13.9. The minimum Gasteiger partial charge on any atom is -0.495 e. The Morgan fingerprint density at radius 3 is 2.69 bits per heavy atom. The maximum Gasteiger partial charge on any atom is 0.412 e. The lowest BCUT2D eigenvalue weighted by molar-refractivity contribution is -0.135. The number of amides is 3. The van der Waals surface area contributed by atoms with Crippen LogP contribution >= 0.6 is 11.6 Å². The van der Waals surface area contributed by atoms with Crippen molar-refractivity contribution < 1.29 is 43.2 Å². The third-order valence-corrected chi connectivity index (χ3v) is 9.55. The molecule has 260 valence electrons. The van der Waals surface area contributed by atoms with E-state index in [1.165, 1.54) is 19.1 Å². The lowest BCUT2D eigenvalue weighted by Gasteiger charge is -2.40. The number of methoxy groups -OCH3 is 2. The predicted octanol–water partition coefficient (Wildman–Crippen LogP) is 4.12. The van der Waals surface area contributed by atoms with Gasteiger partial charge in [0.05, 0.1) is 36.7 Å². The number of halogens is 1. The van der Waals surface area contributed by atoms with Crippen molar-refractivity contribution in [3.63, 3.8) is 0 Å². The third kappa shape index (κ3) is 7.64. The average Bonchev–Trinajstić information content (AvgIpc) is 3.68. The Morgan fingerprint density at radius 2 is 1.98 bits per heavy atom. The topological polar surface area (TPSA) is 174 Å². The number of carbonyl (C=O) groups is 3. The molecule has 4 aliphatic rings. The van der Waals surface area contributed by atoms with Crippen LogP contribution in [0.4, 0.5) is 15.3 Å². The second kappa shape index (κ2) is 14.2. The van der Waals surface area contributed by atoms with E-state index in [9.17, 15) is 19.5 Å². The number of allylic oxidation sites excluding steroid dienone is 5. The molecule has 14 heteroatoms. The first kappa shape index (κ1) is 35.3. The van der Waals surface area contributed by atoms with Gasteiger partial charge in [-0.05, 0) is 50.8 Å². The fourth-order valence-electron chi connectivity index (χ4n) is 6.34. The van der Waals surface area contributed by atoms with Crippen LogP contribution < -0.4 is 26.0 Å². The standard InChI is InChI=1S/C34H43ClN4O9/c1-19-9-8-12-26(45-5)34(43)18-21(46-32(42)38-34)16-28-33(2,48-28)27(47-31(41)37-23-11-7-6-10-22(23)36)17-29(40)39(3)24-14-20(13-19)15-25(44-4)30(24)35/h8-12,14-15,21,26-28,43H,6-7,13,16-18,36H2,1-5H3,(H,37,41)(H,38,42)/b12-8+,19-9+/t21-,26-,27+,28+,33+,34+/m1/s1. The van der Waals surface area contributed by atoms with E-state index in [0.717, 1.165) is 17.6 Å². The average molecular weight is 687 g/mol. The quantitative estimate of drug-likeness (QED) is 0.337. The number of rotatable bonds is 4. The number of hydrogen-bond acceptors (Lipinski definition) is 10. The number of benzene rings is 1. The number of hydrogen-bond donors (Lipinski definition) is 4. The molecule has 0 spiro atoms. The molecule has 5 N–H and O–H groups in total. The van der Waals surface area contributed by atoms with Crippen molar-refractivity contribution in [2.24, 2.45) is 5.73 Å². The summed E-state index contributed by atoms with van der Waals surface area (Å²) in [7, 11) is 4.52. The van der Waals surface area contributed by atoms with Crippen molar-refractivity contribution in [1.29, 1.82) is 0 Å². The molecule has 3 amide bonds. The molecule has 1 aliphatic carbocycles. The van der Waals surface area contributed by atoms with Gasteiger partial charge in [0.25, 0.3) is 0 Å². The zero-order valence-corrected chi connectivity index (χ0v) is 28.5. The van der Waals surface area contributed by atoms with Gasteiger partial charge in [-0.25, -0.2) is 9.59 Å². The Balaban J connectivity index is 1.51. The maximum absolute atomic E-state index is 13.9. The zero-order chi connectivity index (χ0) is 34.8. The summed E-state index contributed by atoms with van der Waals surface area (Å²) in [4.78, 5) is 41.2. The molecule has 0 unspecified atom stereocenters. The number of alkyl carbamates (subject to hydrolysis) is 2. The summed E-state index contributed by atoms with van der Waals surface area (Å²) in [5.41, 5.74) is 6.15. The third-order valence-electron chi connectivity index (χ3n) is 9.17. The molecule has 2 fully saturated rings.